The largest absolute Gasteiger partial charge is 0.489 e. The molecule has 4 rings (SSSR count). The third-order valence-electron chi connectivity index (χ3n) is 3.95. The van der Waals surface area contributed by atoms with Crippen LogP contribution in [0.25, 0.3) is 10.6 Å². The van der Waals surface area contributed by atoms with Crippen molar-refractivity contribution < 1.29 is 9.47 Å². The van der Waals surface area contributed by atoms with Crippen LogP contribution in [0.15, 0.2) is 66.7 Å². The van der Waals surface area contributed by atoms with Gasteiger partial charge >= 0.3 is 0 Å². The maximum Gasteiger partial charge on any atom is 0.203 e. The molecule has 146 valence electrons. The first-order valence-electron chi connectivity index (χ1n) is 8.61. The van der Waals surface area contributed by atoms with E-state index in [1.165, 1.54) is 11.3 Å². The number of nitrogen functional groups attached to an aromatic ring is 1. The smallest absolute Gasteiger partial charge is 0.203 e. The van der Waals surface area contributed by atoms with E-state index in [0.29, 0.717) is 39.0 Å². The van der Waals surface area contributed by atoms with Crippen LogP contribution in [-0.4, -0.2) is 10.2 Å². The van der Waals surface area contributed by atoms with Crippen LogP contribution >= 0.6 is 34.5 Å². The van der Waals surface area contributed by atoms with Crippen molar-refractivity contribution in [3.63, 3.8) is 0 Å². The zero-order chi connectivity index (χ0) is 20.2. The molecule has 0 bridgehead atoms. The molecule has 0 aliphatic heterocycles. The van der Waals surface area contributed by atoms with Crippen LogP contribution in [0.3, 0.4) is 0 Å². The van der Waals surface area contributed by atoms with Crippen LogP contribution in [-0.2, 0) is 6.61 Å². The summed E-state index contributed by atoms with van der Waals surface area (Å²) in [5, 5.41) is 10.0. The molecule has 0 saturated carbocycles. The quantitative estimate of drug-likeness (QED) is 0.369. The van der Waals surface area contributed by atoms with Gasteiger partial charge in [-0.25, -0.2) is 0 Å². The molecule has 3 aromatic carbocycles. The Kier molecular flexibility index (Phi) is 5.85. The van der Waals surface area contributed by atoms with Crippen LogP contribution in [0.1, 0.15) is 5.56 Å². The molecule has 0 spiro atoms. The van der Waals surface area contributed by atoms with Crippen molar-refractivity contribution in [2.75, 3.05) is 5.73 Å². The fourth-order valence-electron chi connectivity index (χ4n) is 2.61. The Balaban J connectivity index is 1.45. The second-order valence-electron chi connectivity index (χ2n) is 6.09. The molecule has 8 heteroatoms. The van der Waals surface area contributed by atoms with Gasteiger partial charge in [-0.1, -0.05) is 58.8 Å². The summed E-state index contributed by atoms with van der Waals surface area (Å²) in [6.07, 6.45) is 0. The van der Waals surface area contributed by atoms with Crippen molar-refractivity contribution in [3.8, 4) is 27.8 Å². The van der Waals surface area contributed by atoms with E-state index in [2.05, 4.69) is 10.2 Å². The molecule has 0 saturated heterocycles. The lowest BCUT2D eigenvalue weighted by Crippen LogP contribution is -1.96. The van der Waals surface area contributed by atoms with E-state index in [0.717, 1.165) is 16.1 Å². The molecule has 0 aliphatic carbocycles. The number of halogens is 2. The van der Waals surface area contributed by atoms with Crippen LogP contribution < -0.4 is 15.2 Å². The van der Waals surface area contributed by atoms with Gasteiger partial charge in [0.05, 0.1) is 10.0 Å². The average Bonchev–Trinajstić information content (AvgIpc) is 3.16. The molecule has 4 aromatic rings. The fourth-order valence-corrected chi connectivity index (χ4v) is 3.51. The number of rotatable bonds is 6. The van der Waals surface area contributed by atoms with Crippen molar-refractivity contribution in [2.45, 2.75) is 6.61 Å². The van der Waals surface area contributed by atoms with Gasteiger partial charge in [0.25, 0.3) is 0 Å². The number of nitrogens with two attached hydrogens (primary N) is 1. The third kappa shape index (κ3) is 4.98. The first-order chi connectivity index (χ1) is 14.1. The summed E-state index contributed by atoms with van der Waals surface area (Å²) >= 11 is 13.3. The normalized spacial score (nSPS) is 10.7. The van der Waals surface area contributed by atoms with Crippen molar-refractivity contribution >= 4 is 39.7 Å². The van der Waals surface area contributed by atoms with Crippen LogP contribution in [0.4, 0.5) is 5.13 Å². The predicted molar refractivity (Wildman–Crippen MR) is 117 cm³/mol. The Morgan fingerprint density at radius 3 is 2.38 bits per heavy atom. The van der Waals surface area contributed by atoms with Gasteiger partial charge in [0.2, 0.25) is 5.13 Å². The first-order valence-corrected chi connectivity index (χ1v) is 10.2. The zero-order valence-electron chi connectivity index (χ0n) is 15.0. The van der Waals surface area contributed by atoms with Gasteiger partial charge in [-0.05, 0) is 42.0 Å². The van der Waals surface area contributed by atoms with Gasteiger partial charge in [0, 0.05) is 11.6 Å². The predicted octanol–water partition coefficient (Wildman–Crippen LogP) is 6.47. The molecule has 0 amide bonds. The number of anilines is 1. The van der Waals surface area contributed by atoms with Gasteiger partial charge in [0.15, 0.2) is 0 Å². The Bertz CT molecular complexity index is 1150. The topological polar surface area (TPSA) is 70.3 Å². The number of hydrogen-bond donors (Lipinski definition) is 1. The summed E-state index contributed by atoms with van der Waals surface area (Å²) in [7, 11) is 0. The monoisotopic (exact) mass is 443 g/mol. The Hall–Kier alpha value is -2.80. The lowest BCUT2D eigenvalue weighted by Gasteiger charge is -2.10. The summed E-state index contributed by atoms with van der Waals surface area (Å²) in [5.41, 5.74) is 7.53. The molecule has 5 nitrogen and oxygen atoms in total. The van der Waals surface area contributed by atoms with Crippen molar-refractivity contribution in [3.05, 3.63) is 82.3 Å². The molecule has 1 heterocycles. The van der Waals surface area contributed by atoms with Crippen LogP contribution in [0.5, 0.6) is 17.2 Å². The molecule has 0 aliphatic rings. The molecule has 1 aromatic heterocycles. The third-order valence-corrected chi connectivity index (χ3v) is 5.49. The first kappa shape index (κ1) is 19.5. The highest BCUT2D eigenvalue weighted by atomic mass is 35.5. The number of benzene rings is 3. The molecule has 0 atom stereocenters. The lowest BCUT2D eigenvalue weighted by molar-refractivity contribution is 0.305. The van der Waals surface area contributed by atoms with Crippen molar-refractivity contribution in [1.82, 2.24) is 10.2 Å². The standard InChI is InChI=1S/C21H15Cl2N3O2S/c22-18-8-7-15(11-19(18)23)27-12-13-3-1-5-16(9-13)28-17-6-2-4-14(10-17)20-25-26-21(24)29-20/h1-11H,12H2,(H2,24,26). The van der Waals surface area contributed by atoms with Crippen molar-refractivity contribution in [1.29, 1.82) is 0 Å². The van der Waals surface area contributed by atoms with E-state index >= 15 is 0 Å². The molecule has 0 radical (unpaired) electrons. The SMILES string of the molecule is Nc1nnc(-c2cccc(Oc3cccc(COc4ccc(Cl)c(Cl)c4)c3)c2)s1. The van der Waals surface area contributed by atoms with E-state index in [1.54, 1.807) is 18.2 Å². The second-order valence-corrected chi connectivity index (χ2v) is 7.91. The van der Waals surface area contributed by atoms with E-state index in [1.807, 2.05) is 48.5 Å². The zero-order valence-corrected chi connectivity index (χ0v) is 17.3. The summed E-state index contributed by atoms with van der Waals surface area (Å²) < 4.78 is 11.8. The Labute approximate surface area is 181 Å². The molecule has 29 heavy (non-hydrogen) atoms. The number of ether oxygens (including phenoxy) is 2. The molecular formula is C21H15Cl2N3O2S. The second kappa shape index (κ2) is 8.69. The minimum Gasteiger partial charge on any atom is -0.489 e. The average molecular weight is 444 g/mol. The molecular weight excluding hydrogens is 429 g/mol. The van der Waals surface area contributed by atoms with Gasteiger partial charge < -0.3 is 15.2 Å². The van der Waals surface area contributed by atoms with Crippen LogP contribution in [0, 0.1) is 0 Å². The van der Waals surface area contributed by atoms with E-state index in [9.17, 15) is 0 Å². The maximum atomic E-state index is 6.02. The van der Waals surface area contributed by atoms with E-state index in [4.69, 9.17) is 38.4 Å². The Morgan fingerprint density at radius 1 is 0.828 bits per heavy atom. The highest BCUT2D eigenvalue weighted by Gasteiger charge is 2.07. The number of nitrogens with zero attached hydrogens (tertiary/aromatic N) is 2. The number of aromatic nitrogens is 2. The van der Waals surface area contributed by atoms with Gasteiger partial charge in [-0.3, -0.25) is 0 Å². The highest BCUT2D eigenvalue weighted by molar-refractivity contribution is 7.18. The number of hydrogen-bond acceptors (Lipinski definition) is 6. The minimum atomic E-state index is 0.374. The van der Waals surface area contributed by atoms with Crippen molar-refractivity contribution in [2.24, 2.45) is 0 Å². The molecule has 0 fully saturated rings. The van der Waals surface area contributed by atoms with Gasteiger partial charge in [-0.15, -0.1) is 10.2 Å². The lowest BCUT2D eigenvalue weighted by atomic mass is 10.2. The Morgan fingerprint density at radius 2 is 1.62 bits per heavy atom. The summed E-state index contributed by atoms with van der Waals surface area (Å²) in [6, 6.07) is 20.5. The minimum absolute atomic E-state index is 0.374. The maximum absolute atomic E-state index is 6.02. The summed E-state index contributed by atoms with van der Waals surface area (Å²) in [4.78, 5) is 0. The van der Waals surface area contributed by atoms with Crippen LogP contribution in [0.2, 0.25) is 10.0 Å². The highest BCUT2D eigenvalue weighted by Crippen LogP contribution is 2.30. The summed E-state index contributed by atoms with van der Waals surface area (Å²) in [6.45, 7) is 0.374. The van der Waals surface area contributed by atoms with Gasteiger partial charge in [-0.2, -0.15) is 0 Å². The van der Waals surface area contributed by atoms with Gasteiger partial charge in [0.1, 0.15) is 28.9 Å². The van der Waals surface area contributed by atoms with E-state index < -0.39 is 0 Å². The summed E-state index contributed by atoms with van der Waals surface area (Å²) in [5.74, 6) is 2.04. The van der Waals surface area contributed by atoms with E-state index in [-0.39, 0.29) is 0 Å². The molecule has 0 unspecified atom stereocenters. The fraction of sp³-hybridized carbons (Fsp3) is 0.0476. The molecule has 2 N–H and O–H groups in total.